The molecule has 2 aromatic heterocycles. The van der Waals surface area contributed by atoms with Crippen molar-refractivity contribution in [2.75, 3.05) is 5.32 Å². The van der Waals surface area contributed by atoms with Crippen LogP contribution in [0.4, 0.5) is 19.1 Å². The van der Waals surface area contributed by atoms with Crippen LogP contribution in [0.5, 0.6) is 0 Å². The van der Waals surface area contributed by atoms with E-state index < -0.39 is 11.9 Å². The normalized spacial score (nSPS) is 15.5. The molecule has 1 fully saturated rings. The van der Waals surface area contributed by atoms with Crippen LogP contribution in [0.3, 0.4) is 0 Å². The molecular weight excluding hydrogens is 319 g/mol. The van der Waals surface area contributed by atoms with Crippen molar-refractivity contribution in [2.24, 2.45) is 0 Å². The van der Waals surface area contributed by atoms with Gasteiger partial charge in [-0.15, -0.1) is 0 Å². The lowest BCUT2D eigenvalue weighted by molar-refractivity contribution is -0.141. The molecule has 0 spiro atoms. The van der Waals surface area contributed by atoms with Crippen LogP contribution in [-0.2, 0) is 6.18 Å². The first-order chi connectivity index (χ1) is 10.4. The highest BCUT2D eigenvalue weighted by Gasteiger charge is 2.32. The number of nitrogens with zero attached hydrogens (tertiary/aromatic N) is 4. The zero-order valence-electron chi connectivity index (χ0n) is 11.2. The number of pyridine rings is 1. The molecule has 2 heterocycles. The summed E-state index contributed by atoms with van der Waals surface area (Å²) in [6.45, 7) is 0. The predicted octanol–water partition coefficient (Wildman–Crippen LogP) is 3.57. The van der Waals surface area contributed by atoms with Crippen molar-refractivity contribution in [3.8, 4) is 11.5 Å². The Hall–Kier alpha value is -1.96. The summed E-state index contributed by atoms with van der Waals surface area (Å²) in [5.41, 5.74) is -1.01. The molecule has 9 heteroatoms. The maximum absolute atomic E-state index is 12.7. The Kier molecular flexibility index (Phi) is 3.86. The van der Waals surface area contributed by atoms with Gasteiger partial charge in [0.25, 0.3) is 0 Å². The van der Waals surface area contributed by atoms with E-state index in [-0.39, 0.29) is 28.8 Å². The first-order valence-corrected chi connectivity index (χ1v) is 7.02. The Balaban J connectivity index is 1.93. The lowest BCUT2D eigenvalue weighted by Crippen LogP contribution is -2.28. The molecule has 1 aliphatic rings. The fourth-order valence-corrected chi connectivity index (χ4v) is 2.14. The van der Waals surface area contributed by atoms with Gasteiger partial charge in [0.05, 0.1) is 0 Å². The summed E-state index contributed by atoms with van der Waals surface area (Å²) >= 11 is 5.82. The molecule has 0 saturated heterocycles. The van der Waals surface area contributed by atoms with Gasteiger partial charge in [-0.2, -0.15) is 28.1 Å². The summed E-state index contributed by atoms with van der Waals surface area (Å²) < 4.78 is 38.1. The number of hydrogen-bond donors (Lipinski definition) is 1. The van der Waals surface area contributed by atoms with Gasteiger partial charge >= 0.3 is 6.18 Å². The maximum Gasteiger partial charge on any atom is 0.433 e. The number of alkyl halides is 3. The van der Waals surface area contributed by atoms with E-state index in [2.05, 4.69) is 25.3 Å². The zero-order chi connectivity index (χ0) is 15.7. The molecule has 2 aromatic rings. The molecule has 0 bridgehead atoms. The van der Waals surface area contributed by atoms with E-state index in [1.165, 1.54) is 12.1 Å². The smallest absolute Gasteiger partial charge is 0.351 e. The maximum atomic E-state index is 12.7. The van der Waals surface area contributed by atoms with Crippen molar-refractivity contribution >= 4 is 17.5 Å². The Bertz CT molecular complexity index is 688. The lowest BCUT2D eigenvalue weighted by atomic mass is 9.93. The Labute approximate surface area is 129 Å². The SMILES string of the molecule is FC(F)(F)c1cccc(-c2nc(Cl)nc(NC3CCC3)n2)n1. The van der Waals surface area contributed by atoms with Crippen LogP contribution in [0.15, 0.2) is 18.2 Å². The molecular formula is C13H11ClF3N5. The third-order valence-corrected chi connectivity index (χ3v) is 3.48. The summed E-state index contributed by atoms with van der Waals surface area (Å²) in [6.07, 6.45) is -1.40. The summed E-state index contributed by atoms with van der Waals surface area (Å²) in [4.78, 5) is 15.4. The van der Waals surface area contributed by atoms with Crippen LogP contribution >= 0.6 is 11.6 Å². The van der Waals surface area contributed by atoms with Crippen molar-refractivity contribution in [2.45, 2.75) is 31.5 Å². The van der Waals surface area contributed by atoms with Crippen LogP contribution in [0, 0.1) is 0 Å². The molecule has 0 unspecified atom stereocenters. The van der Waals surface area contributed by atoms with Gasteiger partial charge in [0.15, 0.2) is 5.82 Å². The Morgan fingerprint density at radius 1 is 1.09 bits per heavy atom. The van der Waals surface area contributed by atoms with Gasteiger partial charge < -0.3 is 5.32 Å². The van der Waals surface area contributed by atoms with Gasteiger partial charge in [0, 0.05) is 6.04 Å². The molecule has 116 valence electrons. The predicted molar refractivity (Wildman–Crippen MR) is 74.3 cm³/mol. The minimum atomic E-state index is -4.53. The largest absolute Gasteiger partial charge is 0.433 e. The second-order valence-electron chi connectivity index (χ2n) is 4.93. The van der Waals surface area contributed by atoms with Crippen LogP contribution in [0.1, 0.15) is 25.0 Å². The zero-order valence-corrected chi connectivity index (χ0v) is 12.0. The molecule has 22 heavy (non-hydrogen) atoms. The third kappa shape index (κ3) is 3.27. The first-order valence-electron chi connectivity index (χ1n) is 6.64. The van der Waals surface area contributed by atoms with Crippen LogP contribution in [0.2, 0.25) is 5.28 Å². The highest BCUT2D eigenvalue weighted by atomic mass is 35.5. The third-order valence-electron chi connectivity index (χ3n) is 3.32. The molecule has 0 amide bonds. The monoisotopic (exact) mass is 329 g/mol. The Morgan fingerprint density at radius 2 is 1.86 bits per heavy atom. The van der Waals surface area contributed by atoms with E-state index in [4.69, 9.17) is 11.6 Å². The number of nitrogens with one attached hydrogen (secondary N) is 1. The van der Waals surface area contributed by atoms with E-state index >= 15 is 0 Å². The van der Waals surface area contributed by atoms with Crippen molar-refractivity contribution < 1.29 is 13.2 Å². The average Bonchev–Trinajstić information content (AvgIpc) is 2.42. The van der Waals surface area contributed by atoms with Crippen molar-refractivity contribution in [3.63, 3.8) is 0 Å². The number of rotatable bonds is 3. The van der Waals surface area contributed by atoms with Gasteiger partial charge in [0.2, 0.25) is 11.2 Å². The number of hydrogen-bond acceptors (Lipinski definition) is 5. The second kappa shape index (κ2) is 5.68. The van der Waals surface area contributed by atoms with E-state index in [0.717, 1.165) is 25.3 Å². The molecule has 3 rings (SSSR count). The van der Waals surface area contributed by atoms with Crippen molar-refractivity contribution in [1.82, 2.24) is 19.9 Å². The molecule has 5 nitrogen and oxygen atoms in total. The van der Waals surface area contributed by atoms with Gasteiger partial charge in [0.1, 0.15) is 11.4 Å². The summed E-state index contributed by atoms with van der Waals surface area (Å²) in [6, 6.07) is 3.80. The fourth-order valence-electron chi connectivity index (χ4n) is 1.98. The lowest BCUT2D eigenvalue weighted by Gasteiger charge is -2.26. The Morgan fingerprint density at radius 3 is 2.50 bits per heavy atom. The molecule has 0 atom stereocenters. The van der Waals surface area contributed by atoms with Crippen molar-refractivity contribution in [1.29, 1.82) is 0 Å². The topological polar surface area (TPSA) is 63.6 Å². The molecule has 1 aliphatic carbocycles. The average molecular weight is 330 g/mol. The fraction of sp³-hybridized carbons (Fsp3) is 0.385. The van der Waals surface area contributed by atoms with Crippen LogP contribution in [0.25, 0.3) is 11.5 Å². The molecule has 0 aliphatic heterocycles. The van der Waals surface area contributed by atoms with Gasteiger partial charge in [-0.1, -0.05) is 6.07 Å². The minimum absolute atomic E-state index is 0.00390. The number of anilines is 1. The molecule has 1 N–H and O–H groups in total. The first kappa shape index (κ1) is 15.0. The minimum Gasteiger partial charge on any atom is -0.351 e. The van der Waals surface area contributed by atoms with E-state index in [1.54, 1.807) is 0 Å². The van der Waals surface area contributed by atoms with E-state index in [0.29, 0.717) is 0 Å². The molecule has 0 aromatic carbocycles. The van der Waals surface area contributed by atoms with Crippen molar-refractivity contribution in [3.05, 3.63) is 29.2 Å². The number of halogens is 4. The molecule has 0 radical (unpaired) electrons. The van der Waals surface area contributed by atoms with Crippen LogP contribution in [-0.4, -0.2) is 26.0 Å². The summed E-state index contributed by atoms with van der Waals surface area (Å²) in [5, 5.41) is 2.99. The summed E-state index contributed by atoms with van der Waals surface area (Å²) in [5.74, 6) is 0.256. The summed E-state index contributed by atoms with van der Waals surface area (Å²) in [7, 11) is 0. The highest BCUT2D eigenvalue weighted by molar-refractivity contribution is 6.28. The van der Waals surface area contributed by atoms with Gasteiger partial charge in [-0.3, -0.25) is 0 Å². The quantitative estimate of drug-likeness (QED) is 0.932. The van der Waals surface area contributed by atoms with E-state index in [1.807, 2.05) is 0 Å². The van der Waals surface area contributed by atoms with Gasteiger partial charge in [-0.05, 0) is 43.0 Å². The van der Waals surface area contributed by atoms with Crippen LogP contribution < -0.4 is 5.32 Å². The standard InChI is InChI=1S/C13H11ClF3N5/c14-11-20-10(21-12(22-11)18-7-3-1-4-7)8-5-2-6-9(19-8)13(15,16)17/h2,5-7H,1,3-4H2,(H,18,20,21,22). The van der Waals surface area contributed by atoms with Gasteiger partial charge in [-0.25, -0.2) is 4.98 Å². The second-order valence-corrected chi connectivity index (χ2v) is 5.27. The highest BCUT2D eigenvalue weighted by Crippen LogP contribution is 2.29. The van der Waals surface area contributed by atoms with E-state index in [9.17, 15) is 13.2 Å². The number of aromatic nitrogens is 4. The molecule has 1 saturated carbocycles.